The van der Waals surface area contributed by atoms with E-state index in [4.69, 9.17) is 0 Å². The van der Waals surface area contributed by atoms with Gasteiger partial charge in [-0.25, -0.2) is 9.80 Å². The monoisotopic (exact) mass is 788 g/mol. The van der Waals surface area contributed by atoms with Crippen molar-refractivity contribution >= 4 is 94.0 Å². The molecule has 55 heavy (non-hydrogen) atoms. The van der Waals surface area contributed by atoms with Gasteiger partial charge >= 0.3 is 0 Å². The van der Waals surface area contributed by atoms with E-state index in [1.54, 1.807) is 0 Å². The van der Waals surface area contributed by atoms with E-state index in [0.717, 1.165) is 54.6 Å². The summed E-state index contributed by atoms with van der Waals surface area (Å²) in [5.41, 5.74) is 7.27. The van der Waals surface area contributed by atoms with E-state index < -0.39 is 0 Å². The van der Waals surface area contributed by atoms with Crippen LogP contribution < -0.4 is 9.80 Å². The number of benzene rings is 7. The zero-order valence-corrected chi connectivity index (χ0v) is 33.8. The number of nitrogens with zero attached hydrogens (tertiary/aromatic N) is 2. The van der Waals surface area contributed by atoms with Gasteiger partial charge in [0.2, 0.25) is 0 Å². The molecular weight excluding hydrogens is 748 g/mol. The van der Waals surface area contributed by atoms with Crippen molar-refractivity contribution in [1.29, 1.82) is 0 Å². The maximum Gasteiger partial charge on any atom is 0.266 e. The molecule has 0 N–H and O–H groups in total. The Morgan fingerprint density at radius 1 is 0.382 bits per heavy atom. The summed E-state index contributed by atoms with van der Waals surface area (Å²) in [6.45, 7) is 16.9. The standard InChI is InChI=1S/C48H41BrN2O4/c1-22(2)26-15-27(23(3)4)18-30(17-26)50-45(52)35-12-9-32-33-10-13-37-42-38(21-39(49)43(44(33)42)34-11-14-36(46(50)53)41(35)40(32)34)48(55)51(47(37)54)31-19-28(24(5)6)16-29(20-31)25(7)8/h9-25H,1-8H3. The topological polar surface area (TPSA) is 74.8 Å². The molecule has 0 aromatic heterocycles. The van der Waals surface area contributed by atoms with Crippen molar-refractivity contribution in [2.24, 2.45) is 0 Å². The summed E-state index contributed by atoms with van der Waals surface area (Å²) >= 11 is 3.85. The van der Waals surface area contributed by atoms with Gasteiger partial charge in [-0.15, -0.1) is 0 Å². The molecule has 0 fully saturated rings. The van der Waals surface area contributed by atoms with E-state index in [2.05, 4.69) is 83.5 Å². The molecule has 7 heteroatoms. The Hall–Kier alpha value is -5.40. The number of rotatable bonds is 6. The lowest BCUT2D eigenvalue weighted by atomic mass is 9.82. The molecule has 9 rings (SSSR count). The number of fused-ring (bicyclic) bond motifs is 2. The fourth-order valence-corrected chi connectivity index (χ4v) is 9.34. The fourth-order valence-electron chi connectivity index (χ4n) is 8.70. The van der Waals surface area contributed by atoms with E-state index in [9.17, 15) is 19.2 Å². The Balaban J connectivity index is 1.26. The first-order chi connectivity index (χ1) is 26.2. The third-order valence-electron chi connectivity index (χ3n) is 11.8. The normalized spacial score (nSPS) is 14.6. The molecule has 274 valence electrons. The minimum absolute atomic E-state index is 0.215. The highest BCUT2D eigenvalue weighted by molar-refractivity contribution is 9.10. The molecule has 2 heterocycles. The van der Waals surface area contributed by atoms with Crippen LogP contribution in [0, 0.1) is 0 Å². The number of carbonyl (C=O) groups excluding carboxylic acids is 4. The maximum absolute atomic E-state index is 14.6. The van der Waals surface area contributed by atoms with E-state index in [0.29, 0.717) is 48.9 Å². The summed E-state index contributed by atoms with van der Waals surface area (Å²) in [6, 6.07) is 25.3. The van der Waals surface area contributed by atoms with Crippen LogP contribution in [-0.2, 0) is 0 Å². The van der Waals surface area contributed by atoms with Crippen LogP contribution in [0.3, 0.4) is 0 Å². The minimum atomic E-state index is -0.369. The van der Waals surface area contributed by atoms with Gasteiger partial charge < -0.3 is 0 Å². The second-order valence-electron chi connectivity index (χ2n) is 16.5. The Morgan fingerprint density at radius 2 is 0.727 bits per heavy atom. The molecule has 0 unspecified atom stereocenters. The van der Waals surface area contributed by atoms with Gasteiger partial charge in [-0.2, -0.15) is 0 Å². The van der Waals surface area contributed by atoms with Gasteiger partial charge in [-0.1, -0.05) is 102 Å². The van der Waals surface area contributed by atoms with Crippen molar-refractivity contribution in [2.45, 2.75) is 79.1 Å². The number of carbonyl (C=O) groups is 4. The average molecular weight is 790 g/mol. The lowest BCUT2D eigenvalue weighted by Gasteiger charge is -2.31. The zero-order valence-electron chi connectivity index (χ0n) is 32.2. The first-order valence-corrected chi connectivity index (χ1v) is 19.9. The molecule has 2 aliphatic heterocycles. The summed E-state index contributed by atoms with van der Waals surface area (Å²) in [6.07, 6.45) is 0. The smallest absolute Gasteiger partial charge is 0.266 e. The van der Waals surface area contributed by atoms with Gasteiger partial charge in [0, 0.05) is 42.7 Å². The molecule has 6 nitrogen and oxygen atoms in total. The van der Waals surface area contributed by atoms with Crippen LogP contribution >= 0.6 is 15.9 Å². The van der Waals surface area contributed by atoms with Gasteiger partial charge in [0.1, 0.15) is 0 Å². The molecule has 0 bridgehead atoms. The third-order valence-corrected chi connectivity index (χ3v) is 12.4. The molecule has 7 aromatic rings. The first kappa shape index (κ1) is 35.3. The van der Waals surface area contributed by atoms with Gasteiger partial charge in [-0.3, -0.25) is 19.2 Å². The number of imide groups is 2. The molecule has 0 aliphatic carbocycles. The van der Waals surface area contributed by atoms with Gasteiger partial charge in [0.25, 0.3) is 23.6 Å². The predicted molar refractivity (Wildman–Crippen MR) is 227 cm³/mol. The Labute approximate surface area is 328 Å². The largest absolute Gasteiger partial charge is 0.268 e. The Bertz CT molecular complexity index is 2810. The number of anilines is 2. The van der Waals surface area contributed by atoms with Crippen molar-refractivity contribution in [2.75, 3.05) is 9.80 Å². The molecule has 0 radical (unpaired) electrons. The quantitative estimate of drug-likeness (QED) is 0.0955. The van der Waals surface area contributed by atoms with E-state index >= 15 is 0 Å². The fraction of sp³-hybridized carbons (Fsp3) is 0.250. The van der Waals surface area contributed by atoms with Crippen molar-refractivity contribution in [3.63, 3.8) is 0 Å². The van der Waals surface area contributed by atoms with Crippen molar-refractivity contribution in [3.8, 4) is 0 Å². The molecule has 0 saturated heterocycles. The molecule has 4 amide bonds. The van der Waals surface area contributed by atoms with Gasteiger partial charge in [-0.05, 0) is 116 Å². The second kappa shape index (κ2) is 12.3. The highest BCUT2D eigenvalue weighted by Crippen LogP contribution is 2.49. The number of halogens is 1. The van der Waals surface area contributed by atoms with E-state index in [1.165, 1.54) is 9.80 Å². The first-order valence-electron chi connectivity index (χ1n) is 19.1. The predicted octanol–water partition coefficient (Wildman–Crippen LogP) is 12.6. The second-order valence-corrected chi connectivity index (χ2v) is 17.3. The van der Waals surface area contributed by atoms with Crippen molar-refractivity contribution in [1.82, 2.24) is 0 Å². The Kier molecular flexibility index (Phi) is 7.90. The van der Waals surface area contributed by atoms with Crippen LogP contribution in [0.25, 0.3) is 43.1 Å². The number of hydrogen-bond acceptors (Lipinski definition) is 4. The van der Waals surface area contributed by atoms with Gasteiger partial charge in [0.05, 0.1) is 16.9 Å². The average Bonchev–Trinajstić information content (AvgIpc) is 3.15. The zero-order chi connectivity index (χ0) is 38.9. The lowest BCUT2D eigenvalue weighted by Crippen LogP contribution is -2.41. The highest BCUT2D eigenvalue weighted by atomic mass is 79.9. The summed E-state index contributed by atoms with van der Waals surface area (Å²) in [7, 11) is 0. The highest BCUT2D eigenvalue weighted by Gasteiger charge is 2.39. The molecule has 0 saturated carbocycles. The molecule has 0 atom stereocenters. The molecular formula is C48H41BrN2O4. The number of amides is 4. The lowest BCUT2D eigenvalue weighted by molar-refractivity contribution is 0.0877. The minimum Gasteiger partial charge on any atom is -0.268 e. The summed E-state index contributed by atoms with van der Waals surface area (Å²) in [4.78, 5) is 60.7. The van der Waals surface area contributed by atoms with Crippen LogP contribution in [0.4, 0.5) is 11.4 Å². The van der Waals surface area contributed by atoms with Crippen LogP contribution in [0.2, 0.25) is 0 Å². The van der Waals surface area contributed by atoms with E-state index in [1.807, 2.05) is 66.7 Å². The SMILES string of the molecule is CC(C)c1cc(C(C)C)cc(N2C(=O)c3ccc4c5ccc6c7c(cc(Br)c(c8ccc(c3c48)C2=O)c75)C(=O)N(c2cc(C(C)C)cc(C(C)C)c2)C6=O)c1. The number of hydrogen-bond donors (Lipinski definition) is 0. The summed E-state index contributed by atoms with van der Waals surface area (Å²) < 4.78 is 0.697. The third kappa shape index (κ3) is 4.98. The Morgan fingerprint density at radius 3 is 1.13 bits per heavy atom. The van der Waals surface area contributed by atoms with E-state index in [-0.39, 0.29) is 47.3 Å². The maximum atomic E-state index is 14.6. The van der Waals surface area contributed by atoms with Crippen molar-refractivity contribution in [3.05, 3.63) is 128 Å². The molecule has 7 aromatic carbocycles. The van der Waals surface area contributed by atoms with Crippen LogP contribution in [-0.4, -0.2) is 23.6 Å². The summed E-state index contributed by atoms with van der Waals surface area (Å²) in [5.74, 6) is -0.573. The van der Waals surface area contributed by atoms with Crippen LogP contribution in [0.1, 0.15) is 143 Å². The summed E-state index contributed by atoms with van der Waals surface area (Å²) in [5, 5.41) is 6.23. The van der Waals surface area contributed by atoms with Crippen LogP contribution in [0.5, 0.6) is 0 Å². The van der Waals surface area contributed by atoms with Crippen LogP contribution in [0.15, 0.2) is 83.3 Å². The van der Waals surface area contributed by atoms with Gasteiger partial charge in [0.15, 0.2) is 0 Å². The molecule has 2 aliphatic rings. The van der Waals surface area contributed by atoms with Crippen molar-refractivity contribution < 1.29 is 19.2 Å². The molecule has 0 spiro atoms.